The number of aromatic nitrogens is 2. The molecule has 0 saturated carbocycles. The summed E-state index contributed by atoms with van der Waals surface area (Å²) in [7, 11) is 6.13. The molecular formula is C17H23N5O. The number of hydrogen-bond donors (Lipinski definition) is 1. The highest BCUT2D eigenvalue weighted by Gasteiger charge is 2.06. The van der Waals surface area contributed by atoms with Crippen LogP contribution in [0.25, 0.3) is 0 Å². The number of carbonyl (C=O) groups excluding carboxylic acids is 1. The Balaban J connectivity index is 1.86. The Labute approximate surface area is 137 Å². The maximum atomic E-state index is 12.0. The molecule has 6 nitrogen and oxygen atoms in total. The molecule has 2 aromatic heterocycles. The molecule has 0 spiro atoms. The normalized spacial score (nSPS) is 10.6. The Hall–Kier alpha value is -2.47. The summed E-state index contributed by atoms with van der Waals surface area (Å²) in [6.07, 6.45) is 5.01. The first-order chi connectivity index (χ1) is 11.1. The van der Waals surface area contributed by atoms with E-state index in [1.165, 1.54) is 0 Å². The highest BCUT2D eigenvalue weighted by molar-refractivity contribution is 5.93. The molecule has 23 heavy (non-hydrogen) atoms. The maximum Gasteiger partial charge on any atom is 0.251 e. The summed E-state index contributed by atoms with van der Waals surface area (Å²) in [6.45, 7) is 2.34. The fourth-order valence-corrected chi connectivity index (χ4v) is 2.00. The van der Waals surface area contributed by atoms with Gasteiger partial charge in [0.05, 0.1) is 0 Å². The molecule has 122 valence electrons. The predicted octanol–water partition coefficient (Wildman–Crippen LogP) is 1.40. The SMILES string of the molecule is CN(C)CCN(C)c1ccc(CNC(=O)c2ccncc2)cn1. The van der Waals surface area contributed by atoms with Crippen LogP contribution in [0.3, 0.4) is 0 Å². The summed E-state index contributed by atoms with van der Waals surface area (Å²) >= 11 is 0. The van der Waals surface area contributed by atoms with Crippen LogP contribution in [0.5, 0.6) is 0 Å². The van der Waals surface area contributed by atoms with Crippen LogP contribution in [0.15, 0.2) is 42.9 Å². The number of nitrogens with zero attached hydrogens (tertiary/aromatic N) is 4. The van der Waals surface area contributed by atoms with Crippen LogP contribution in [0.1, 0.15) is 15.9 Å². The molecule has 6 heteroatoms. The number of carbonyl (C=O) groups is 1. The Kier molecular flexibility index (Phi) is 6.05. The van der Waals surface area contributed by atoms with Gasteiger partial charge in [-0.25, -0.2) is 4.98 Å². The van der Waals surface area contributed by atoms with E-state index in [4.69, 9.17) is 0 Å². The van der Waals surface area contributed by atoms with Crippen molar-refractivity contribution in [1.29, 1.82) is 0 Å². The van der Waals surface area contributed by atoms with Crippen LogP contribution in [0.4, 0.5) is 5.82 Å². The van der Waals surface area contributed by atoms with Crippen LogP contribution in [0.2, 0.25) is 0 Å². The number of nitrogens with one attached hydrogen (secondary N) is 1. The van der Waals surface area contributed by atoms with E-state index in [1.807, 2.05) is 19.2 Å². The monoisotopic (exact) mass is 313 g/mol. The summed E-state index contributed by atoms with van der Waals surface area (Å²) in [4.78, 5) is 24.6. The zero-order valence-corrected chi connectivity index (χ0v) is 13.9. The topological polar surface area (TPSA) is 61.4 Å². The van der Waals surface area contributed by atoms with Crippen molar-refractivity contribution in [3.8, 4) is 0 Å². The van der Waals surface area contributed by atoms with Gasteiger partial charge in [0.2, 0.25) is 0 Å². The maximum absolute atomic E-state index is 12.0. The van der Waals surface area contributed by atoms with Gasteiger partial charge in [-0.3, -0.25) is 9.78 Å². The van der Waals surface area contributed by atoms with E-state index in [0.29, 0.717) is 12.1 Å². The van der Waals surface area contributed by atoms with E-state index < -0.39 is 0 Å². The van der Waals surface area contributed by atoms with E-state index in [1.54, 1.807) is 30.7 Å². The second-order valence-corrected chi connectivity index (χ2v) is 5.67. The quantitative estimate of drug-likeness (QED) is 0.837. The van der Waals surface area contributed by atoms with Gasteiger partial charge in [0.1, 0.15) is 5.82 Å². The molecule has 1 N–H and O–H groups in total. The molecule has 1 amide bonds. The molecule has 0 atom stereocenters. The summed E-state index contributed by atoms with van der Waals surface area (Å²) < 4.78 is 0. The zero-order valence-electron chi connectivity index (χ0n) is 13.9. The van der Waals surface area contributed by atoms with Crippen molar-refractivity contribution < 1.29 is 4.79 Å². The molecule has 0 fully saturated rings. The number of anilines is 1. The Morgan fingerprint density at radius 3 is 2.43 bits per heavy atom. The molecule has 0 saturated heterocycles. The lowest BCUT2D eigenvalue weighted by molar-refractivity contribution is 0.0951. The van der Waals surface area contributed by atoms with Crippen molar-refractivity contribution in [2.45, 2.75) is 6.54 Å². The first-order valence-corrected chi connectivity index (χ1v) is 7.55. The van der Waals surface area contributed by atoms with Crippen LogP contribution in [0, 0.1) is 0 Å². The first-order valence-electron chi connectivity index (χ1n) is 7.55. The third-order valence-corrected chi connectivity index (χ3v) is 3.48. The average molecular weight is 313 g/mol. The number of likely N-dealkylation sites (N-methyl/N-ethyl adjacent to an activating group) is 2. The minimum atomic E-state index is -0.112. The fourth-order valence-electron chi connectivity index (χ4n) is 2.00. The first kappa shape index (κ1) is 16.9. The van der Waals surface area contributed by atoms with E-state index in [0.717, 1.165) is 24.5 Å². The van der Waals surface area contributed by atoms with Crippen molar-refractivity contribution in [2.75, 3.05) is 39.1 Å². The summed E-state index contributed by atoms with van der Waals surface area (Å²) in [5.74, 6) is 0.815. The van der Waals surface area contributed by atoms with Gasteiger partial charge in [-0.1, -0.05) is 6.07 Å². The second kappa shape index (κ2) is 8.24. The highest BCUT2D eigenvalue weighted by Crippen LogP contribution is 2.09. The number of pyridine rings is 2. The van der Waals surface area contributed by atoms with Crippen molar-refractivity contribution in [1.82, 2.24) is 20.2 Å². The van der Waals surface area contributed by atoms with Gasteiger partial charge in [-0.05, 0) is 37.9 Å². The zero-order chi connectivity index (χ0) is 16.7. The molecule has 0 aliphatic rings. The molecule has 2 heterocycles. The molecule has 0 radical (unpaired) electrons. The van der Waals surface area contributed by atoms with Gasteiger partial charge in [0, 0.05) is 50.8 Å². The lowest BCUT2D eigenvalue weighted by Gasteiger charge is -2.20. The third-order valence-electron chi connectivity index (χ3n) is 3.48. The lowest BCUT2D eigenvalue weighted by atomic mass is 10.2. The van der Waals surface area contributed by atoms with Crippen LogP contribution < -0.4 is 10.2 Å². The Morgan fingerprint density at radius 1 is 1.09 bits per heavy atom. The van der Waals surface area contributed by atoms with Crippen LogP contribution >= 0.6 is 0 Å². The van der Waals surface area contributed by atoms with Gasteiger partial charge in [-0.2, -0.15) is 0 Å². The van der Waals surface area contributed by atoms with Crippen molar-refractivity contribution >= 4 is 11.7 Å². The van der Waals surface area contributed by atoms with Crippen LogP contribution in [-0.2, 0) is 6.54 Å². The molecular weight excluding hydrogens is 290 g/mol. The summed E-state index contributed by atoms with van der Waals surface area (Å²) in [6, 6.07) is 7.34. The summed E-state index contributed by atoms with van der Waals surface area (Å²) in [5, 5.41) is 2.88. The minimum Gasteiger partial charge on any atom is -0.358 e. The number of amides is 1. The number of hydrogen-bond acceptors (Lipinski definition) is 5. The predicted molar refractivity (Wildman–Crippen MR) is 91.5 cm³/mol. The molecule has 2 aromatic rings. The minimum absolute atomic E-state index is 0.112. The van der Waals surface area contributed by atoms with Gasteiger partial charge in [0.15, 0.2) is 0 Å². The Morgan fingerprint density at radius 2 is 1.83 bits per heavy atom. The van der Waals surface area contributed by atoms with E-state index in [2.05, 4.69) is 39.2 Å². The highest BCUT2D eigenvalue weighted by atomic mass is 16.1. The molecule has 0 aromatic carbocycles. The smallest absolute Gasteiger partial charge is 0.251 e. The summed E-state index contributed by atoms with van der Waals surface area (Å²) in [5.41, 5.74) is 1.57. The molecule has 0 aliphatic heterocycles. The van der Waals surface area contributed by atoms with Gasteiger partial charge in [-0.15, -0.1) is 0 Å². The third kappa shape index (κ3) is 5.34. The lowest BCUT2D eigenvalue weighted by Crippen LogP contribution is -2.29. The van der Waals surface area contributed by atoms with Gasteiger partial charge < -0.3 is 15.1 Å². The van der Waals surface area contributed by atoms with Gasteiger partial charge in [0.25, 0.3) is 5.91 Å². The molecule has 0 aliphatic carbocycles. The molecule has 0 unspecified atom stereocenters. The van der Waals surface area contributed by atoms with Crippen LogP contribution in [-0.4, -0.2) is 55.0 Å². The van der Waals surface area contributed by atoms with Crippen molar-refractivity contribution in [3.05, 3.63) is 54.0 Å². The van der Waals surface area contributed by atoms with E-state index in [-0.39, 0.29) is 5.91 Å². The largest absolute Gasteiger partial charge is 0.358 e. The van der Waals surface area contributed by atoms with E-state index >= 15 is 0 Å². The van der Waals surface area contributed by atoms with Crippen molar-refractivity contribution in [3.63, 3.8) is 0 Å². The number of rotatable bonds is 7. The van der Waals surface area contributed by atoms with E-state index in [9.17, 15) is 4.79 Å². The second-order valence-electron chi connectivity index (χ2n) is 5.67. The van der Waals surface area contributed by atoms with Gasteiger partial charge >= 0.3 is 0 Å². The Bertz CT molecular complexity index is 613. The average Bonchev–Trinajstić information content (AvgIpc) is 2.58. The molecule has 0 bridgehead atoms. The fraction of sp³-hybridized carbons (Fsp3) is 0.353. The molecule has 2 rings (SSSR count). The van der Waals surface area contributed by atoms with Crippen molar-refractivity contribution in [2.24, 2.45) is 0 Å². The standard InChI is InChI=1S/C17H23N5O/c1-21(2)10-11-22(3)16-5-4-14(12-19-16)13-20-17(23)15-6-8-18-9-7-15/h4-9,12H,10-11,13H2,1-3H3,(H,20,23).